The van der Waals surface area contributed by atoms with Crippen LogP contribution in [0.1, 0.15) is 53.4 Å². The topological polar surface area (TPSA) is 93.4 Å². The van der Waals surface area contributed by atoms with Crippen LogP contribution in [0, 0.1) is 0 Å². The van der Waals surface area contributed by atoms with E-state index in [1.807, 2.05) is 0 Å². The molecule has 0 unspecified atom stereocenters. The first-order valence-electron chi connectivity index (χ1n) is 11.6. The molecule has 0 saturated carbocycles. The summed E-state index contributed by atoms with van der Waals surface area (Å²) in [5.74, 6) is -0.987. The van der Waals surface area contributed by atoms with Gasteiger partial charge in [0.1, 0.15) is 0 Å². The van der Waals surface area contributed by atoms with Gasteiger partial charge in [-0.2, -0.15) is 13.2 Å². The second-order valence-electron chi connectivity index (χ2n) is 9.16. The average molecular weight is 510 g/mol. The van der Waals surface area contributed by atoms with Gasteiger partial charge in [-0.3, -0.25) is 4.79 Å². The lowest BCUT2D eigenvalue weighted by Gasteiger charge is -2.25. The molecule has 1 aliphatic heterocycles. The summed E-state index contributed by atoms with van der Waals surface area (Å²) in [6, 6.07) is 17.3. The van der Waals surface area contributed by atoms with Crippen LogP contribution in [0.5, 0.6) is 0 Å². The zero-order chi connectivity index (χ0) is 27.0. The number of nitrogens with two attached hydrogens (primary N) is 1. The van der Waals surface area contributed by atoms with Crippen molar-refractivity contribution in [2.75, 3.05) is 17.2 Å². The molecular weight excluding hydrogens is 483 g/mol. The van der Waals surface area contributed by atoms with Crippen LogP contribution in [0.2, 0.25) is 0 Å². The third-order valence-electron chi connectivity index (χ3n) is 5.88. The van der Waals surface area contributed by atoms with Crippen LogP contribution >= 0.6 is 0 Å². The fraction of sp³-hybridized carbons (Fsp3) is 0.214. The first kappa shape index (κ1) is 26.0. The fourth-order valence-corrected chi connectivity index (χ4v) is 4.21. The number of nitrogens with one attached hydrogen (secondary N) is 2. The lowest BCUT2D eigenvalue weighted by Crippen LogP contribution is -2.31. The number of anilines is 2. The van der Waals surface area contributed by atoms with Crippen molar-refractivity contribution in [2.45, 2.75) is 32.5 Å². The molecule has 9 heteroatoms. The number of hydrogen-bond acceptors (Lipinski definition) is 5. The van der Waals surface area contributed by atoms with Gasteiger partial charge in [-0.15, -0.1) is 0 Å². The van der Waals surface area contributed by atoms with Crippen molar-refractivity contribution in [1.82, 2.24) is 0 Å². The minimum atomic E-state index is -4.63. The molecule has 0 fully saturated rings. The summed E-state index contributed by atoms with van der Waals surface area (Å²) in [5.41, 5.74) is 6.32. The van der Waals surface area contributed by atoms with Crippen LogP contribution in [-0.2, 0) is 21.2 Å². The Bertz CT molecular complexity index is 1390. The zero-order valence-corrected chi connectivity index (χ0v) is 20.5. The number of benzene rings is 3. The SMILES string of the molecule is CCOC(=O)c1ccc2c(c1)NC(=O)C2=C(Nc1ccc(C(C)(C)N)c(C(F)(F)F)c1)c1ccccc1. The third-order valence-corrected chi connectivity index (χ3v) is 5.88. The van der Waals surface area contributed by atoms with Gasteiger partial charge in [-0.25, -0.2) is 4.79 Å². The van der Waals surface area contributed by atoms with E-state index >= 15 is 0 Å². The fourth-order valence-electron chi connectivity index (χ4n) is 4.21. The maximum Gasteiger partial charge on any atom is 0.416 e. The van der Waals surface area contributed by atoms with E-state index in [1.54, 1.807) is 49.4 Å². The Hall–Kier alpha value is -4.11. The van der Waals surface area contributed by atoms with Gasteiger partial charge in [0, 0.05) is 16.8 Å². The van der Waals surface area contributed by atoms with E-state index in [0.29, 0.717) is 22.5 Å². The van der Waals surface area contributed by atoms with Gasteiger partial charge in [-0.05, 0) is 56.2 Å². The maximum absolute atomic E-state index is 13.9. The van der Waals surface area contributed by atoms with Gasteiger partial charge < -0.3 is 21.1 Å². The van der Waals surface area contributed by atoms with Crippen LogP contribution in [0.3, 0.4) is 0 Å². The van der Waals surface area contributed by atoms with Gasteiger partial charge in [0.05, 0.1) is 34.7 Å². The molecule has 3 aromatic carbocycles. The highest BCUT2D eigenvalue weighted by molar-refractivity contribution is 6.37. The summed E-state index contributed by atoms with van der Waals surface area (Å²) >= 11 is 0. The van der Waals surface area contributed by atoms with Crippen molar-refractivity contribution in [3.8, 4) is 0 Å². The van der Waals surface area contributed by atoms with Gasteiger partial charge in [-0.1, -0.05) is 42.5 Å². The summed E-state index contributed by atoms with van der Waals surface area (Å²) < 4.78 is 46.9. The van der Waals surface area contributed by atoms with Gasteiger partial charge in [0.15, 0.2) is 0 Å². The Labute approximate surface area is 212 Å². The summed E-state index contributed by atoms with van der Waals surface area (Å²) in [5, 5.41) is 5.79. The van der Waals surface area contributed by atoms with Crippen LogP contribution in [0.15, 0.2) is 66.7 Å². The molecule has 6 nitrogen and oxygen atoms in total. The minimum absolute atomic E-state index is 0.0464. The van der Waals surface area contributed by atoms with Crippen LogP contribution in [0.4, 0.5) is 24.5 Å². The quantitative estimate of drug-likeness (QED) is 0.280. The molecule has 192 valence electrons. The van der Waals surface area contributed by atoms with E-state index in [-0.39, 0.29) is 29.0 Å². The predicted octanol–water partition coefficient (Wildman–Crippen LogP) is 6.01. The van der Waals surface area contributed by atoms with E-state index in [9.17, 15) is 22.8 Å². The van der Waals surface area contributed by atoms with Crippen LogP contribution in [0.25, 0.3) is 11.3 Å². The lowest BCUT2D eigenvalue weighted by atomic mass is 9.90. The Morgan fingerprint density at radius 3 is 2.30 bits per heavy atom. The molecule has 0 aliphatic carbocycles. The Morgan fingerprint density at radius 1 is 0.973 bits per heavy atom. The number of esters is 1. The third kappa shape index (κ3) is 5.36. The first-order chi connectivity index (χ1) is 17.4. The number of alkyl halides is 3. The second-order valence-corrected chi connectivity index (χ2v) is 9.16. The summed E-state index contributed by atoms with van der Waals surface area (Å²) in [7, 11) is 0. The van der Waals surface area contributed by atoms with E-state index in [2.05, 4.69) is 10.6 Å². The Morgan fingerprint density at radius 2 is 1.68 bits per heavy atom. The maximum atomic E-state index is 13.9. The van der Waals surface area contributed by atoms with Crippen molar-refractivity contribution < 1.29 is 27.5 Å². The van der Waals surface area contributed by atoms with Crippen molar-refractivity contribution >= 4 is 34.5 Å². The number of halogens is 3. The Kier molecular flexibility index (Phi) is 6.84. The molecule has 0 saturated heterocycles. The summed E-state index contributed by atoms with van der Waals surface area (Å²) in [6.07, 6.45) is -4.63. The van der Waals surface area contributed by atoms with E-state index in [0.717, 1.165) is 6.07 Å². The van der Waals surface area contributed by atoms with Crippen molar-refractivity contribution in [1.29, 1.82) is 0 Å². The Balaban J connectivity index is 1.86. The molecule has 0 bridgehead atoms. The number of rotatable bonds is 6. The number of hydrogen-bond donors (Lipinski definition) is 3. The first-order valence-corrected chi connectivity index (χ1v) is 11.6. The number of carbonyl (C=O) groups is 2. The molecule has 0 radical (unpaired) electrons. The molecule has 1 amide bonds. The minimum Gasteiger partial charge on any atom is -0.462 e. The number of ether oxygens (including phenoxy) is 1. The second kappa shape index (κ2) is 9.74. The number of amides is 1. The van der Waals surface area contributed by atoms with Gasteiger partial charge in [0.2, 0.25) is 0 Å². The molecule has 4 rings (SSSR count). The van der Waals surface area contributed by atoms with Crippen LogP contribution in [-0.4, -0.2) is 18.5 Å². The summed E-state index contributed by atoms with van der Waals surface area (Å²) in [6.45, 7) is 4.91. The molecule has 37 heavy (non-hydrogen) atoms. The standard InChI is InChI=1S/C28H26F3N3O3/c1-4-37-26(36)17-10-12-19-22(14-17)34-25(35)23(19)24(16-8-6-5-7-9-16)33-18-11-13-20(27(2,3)32)21(15-18)28(29,30)31/h5-15,33H,4,32H2,1-3H3,(H,34,35). The van der Waals surface area contributed by atoms with Crippen molar-refractivity contribution in [2.24, 2.45) is 5.73 Å². The smallest absolute Gasteiger partial charge is 0.416 e. The molecule has 0 spiro atoms. The molecule has 4 N–H and O–H groups in total. The molecule has 3 aromatic rings. The largest absolute Gasteiger partial charge is 0.462 e. The average Bonchev–Trinajstić information content (AvgIpc) is 3.16. The molecule has 1 heterocycles. The molecule has 0 aromatic heterocycles. The number of carbonyl (C=O) groups excluding carboxylic acids is 2. The molecular formula is C28H26F3N3O3. The molecule has 1 aliphatic rings. The lowest BCUT2D eigenvalue weighted by molar-refractivity contribution is -0.138. The van der Waals surface area contributed by atoms with E-state index < -0.39 is 29.2 Å². The normalized spacial score (nSPS) is 14.6. The van der Waals surface area contributed by atoms with Gasteiger partial charge in [0.25, 0.3) is 5.91 Å². The van der Waals surface area contributed by atoms with Gasteiger partial charge >= 0.3 is 12.1 Å². The highest BCUT2D eigenvalue weighted by Crippen LogP contribution is 2.40. The highest BCUT2D eigenvalue weighted by Gasteiger charge is 2.37. The zero-order valence-electron chi connectivity index (χ0n) is 20.5. The van der Waals surface area contributed by atoms with Crippen LogP contribution < -0.4 is 16.4 Å². The van der Waals surface area contributed by atoms with Crippen molar-refractivity contribution in [3.05, 3.63) is 94.5 Å². The van der Waals surface area contributed by atoms with Crippen molar-refractivity contribution in [3.63, 3.8) is 0 Å². The van der Waals surface area contributed by atoms with E-state index in [1.165, 1.54) is 32.0 Å². The predicted molar refractivity (Wildman–Crippen MR) is 137 cm³/mol. The highest BCUT2D eigenvalue weighted by atomic mass is 19.4. The van der Waals surface area contributed by atoms with E-state index in [4.69, 9.17) is 10.5 Å². The monoisotopic (exact) mass is 509 g/mol. The number of fused-ring (bicyclic) bond motifs is 1. The summed E-state index contributed by atoms with van der Waals surface area (Å²) in [4.78, 5) is 25.3. The molecule has 0 atom stereocenters.